The van der Waals surface area contributed by atoms with Gasteiger partial charge in [-0.2, -0.15) is 8.42 Å². The van der Waals surface area contributed by atoms with E-state index in [1.54, 1.807) is 47.5 Å². The minimum atomic E-state index is -4.95. The Kier molecular flexibility index (Phi) is 15.7. The maximum Gasteiger partial charge on any atom is 0.353 e. The molecule has 5 aliphatic heterocycles. The van der Waals surface area contributed by atoms with Crippen molar-refractivity contribution in [3.8, 4) is 23.0 Å². The monoisotopic (exact) mass is 1130 g/mol. The van der Waals surface area contributed by atoms with E-state index in [0.717, 1.165) is 28.9 Å². The number of para-hydroxylation sites is 2. The Labute approximate surface area is 463 Å². The fraction of sp³-hybridized carbons (Fsp3) is 0.339. The lowest BCUT2D eigenvalue weighted by molar-refractivity contribution is -0.197. The van der Waals surface area contributed by atoms with E-state index in [4.69, 9.17) is 28.8 Å². The Hall–Kier alpha value is -7.60. The van der Waals surface area contributed by atoms with Crippen molar-refractivity contribution in [1.29, 1.82) is 0 Å². The van der Waals surface area contributed by atoms with E-state index < -0.39 is 37.9 Å². The zero-order valence-electron chi connectivity index (χ0n) is 43.5. The van der Waals surface area contributed by atoms with Crippen LogP contribution in [0.1, 0.15) is 88.9 Å². The van der Waals surface area contributed by atoms with E-state index in [2.05, 4.69) is 10.6 Å². The van der Waals surface area contributed by atoms with Gasteiger partial charge < -0.3 is 39.3 Å². The first-order valence-electron chi connectivity index (χ1n) is 25.5. The van der Waals surface area contributed by atoms with Crippen LogP contribution in [-0.4, -0.2) is 108 Å². The van der Waals surface area contributed by atoms with Gasteiger partial charge >= 0.3 is 5.97 Å². The first kappa shape index (κ1) is 54.7. The molecule has 10 rings (SSSR count). The number of hydrogen-bond acceptors (Lipinski definition) is 17. The zero-order chi connectivity index (χ0) is 55.8. The van der Waals surface area contributed by atoms with Gasteiger partial charge in [-0.25, -0.2) is 4.79 Å². The van der Waals surface area contributed by atoms with Crippen LogP contribution in [0.2, 0.25) is 0 Å². The third-order valence-corrected chi connectivity index (χ3v) is 18.6. The largest absolute Gasteiger partial charge is 0.493 e. The molecule has 23 heteroatoms. The molecule has 0 saturated carbocycles. The van der Waals surface area contributed by atoms with E-state index in [1.165, 1.54) is 35.8 Å². The third kappa shape index (κ3) is 11.8. The number of fused-ring (bicyclic) bond motifs is 8. The minimum absolute atomic E-state index is 0.00722. The number of carbonyl (C=O) groups excluding carboxylic acids is 6. The second-order valence-electron chi connectivity index (χ2n) is 20.1. The molecule has 1 fully saturated rings. The van der Waals surface area contributed by atoms with Crippen molar-refractivity contribution >= 4 is 102 Å². The van der Waals surface area contributed by atoms with E-state index >= 15 is 0 Å². The molecule has 412 valence electrons. The number of nitrogens with zero attached hydrogens (tertiary/aromatic N) is 4. The molecule has 5 heterocycles. The van der Waals surface area contributed by atoms with Gasteiger partial charge in [0.25, 0.3) is 33.7 Å². The molecule has 0 aromatic heterocycles. The molecule has 3 atom stereocenters. The summed E-state index contributed by atoms with van der Waals surface area (Å²) in [6, 6.07) is 27.6. The highest BCUT2D eigenvalue weighted by molar-refractivity contribution is 8.77. The fourth-order valence-corrected chi connectivity index (χ4v) is 13.7. The van der Waals surface area contributed by atoms with Gasteiger partial charge in [0.1, 0.15) is 13.2 Å². The number of aliphatic imine (C=N–C) groups is 1. The summed E-state index contributed by atoms with van der Waals surface area (Å²) in [4.78, 5) is 91.6. The van der Waals surface area contributed by atoms with Gasteiger partial charge in [-0.05, 0) is 97.8 Å². The lowest BCUT2D eigenvalue weighted by atomic mass is 10.1. The topological polar surface area (TPSA) is 249 Å². The van der Waals surface area contributed by atoms with Crippen molar-refractivity contribution in [3.05, 3.63) is 124 Å². The molecule has 0 spiro atoms. The molecule has 0 aliphatic carbocycles. The van der Waals surface area contributed by atoms with Crippen molar-refractivity contribution in [2.45, 2.75) is 94.1 Å². The number of methoxy groups -OCH3 is 2. The summed E-state index contributed by atoms with van der Waals surface area (Å²) in [5.41, 5.74) is 7.47. The highest BCUT2D eigenvalue weighted by Gasteiger charge is 2.41. The van der Waals surface area contributed by atoms with Gasteiger partial charge in [0.05, 0.1) is 48.8 Å². The molecule has 1 unspecified atom stereocenters. The molecule has 5 aliphatic rings. The average Bonchev–Trinajstić information content (AvgIpc) is 4.09. The van der Waals surface area contributed by atoms with Gasteiger partial charge in [-0.15, -0.1) is 5.06 Å². The number of hydroxylamine groups is 2. The van der Waals surface area contributed by atoms with Crippen LogP contribution in [0.25, 0.3) is 0 Å². The fourth-order valence-electron chi connectivity index (χ4n) is 10.2. The normalized spacial score (nSPS) is 17.6. The van der Waals surface area contributed by atoms with Gasteiger partial charge in [-0.1, -0.05) is 58.0 Å². The van der Waals surface area contributed by atoms with Gasteiger partial charge in [0, 0.05) is 78.1 Å². The highest BCUT2D eigenvalue weighted by Crippen LogP contribution is 2.44. The van der Waals surface area contributed by atoms with Crippen molar-refractivity contribution in [2.24, 2.45) is 4.99 Å². The summed E-state index contributed by atoms with van der Waals surface area (Å²) >= 11 is 0. The number of benzene rings is 5. The van der Waals surface area contributed by atoms with Crippen molar-refractivity contribution in [3.63, 3.8) is 0 Å². The first-order valence-corrected chi connectivity index (χ1v) is 29.3. The Bertz CT molecular complexity index is 3430. The van der Waals surface area contributed by atoms with E-state index in [1.807, 2.05) is 73.3 Å². The van der Waals surface area contributed by atoms with Crippen molar-refractivity contribution in [2.75, 3.05) is 47.0 Å². The van der Waals surface area contributed by atoms with Crippen LogP contribution in [0.3, 0.4) is 0 Å². The number of hydrogen-bond donors (Lipinski definition) is 3. The molecule has 3 N–H and O–H groups in total. The maximum absolute atomic E-state index is 14.1. The standard InChI is InChI=1S/C56H56N6O14S3/c1-56(2,78-77-18-16-49(79(69,70)71)55(68)76-62-51(64)13-14-52(62)65)17-15-50(63)59-36-20-32(30-74-47-26-41-39(24-45(47)72-3)53(66)60-37(28-57-41)22-34-9-5-7-11-43(34)60)19-33(21-36)31-75-48-27-42-40(25-46(48)73-4)54(67)61-38(29-58-42)23-35-10-6-8-12-44(35)61/h5-12,19-21,24-28,37-38,49,58H,13-18,22-23,29-31H2,1-4H3,(H,59,63)(H,69,70,71)/t37-,38-,49?/m0/s1. The molecule has 5 aromatic carbocycles. The number of ether oxygens (including phenoxy) is 4. The Morgan fingerprint density at radius 3 is 2.06 bits per heavy atom. The predicted octanol–water partition coefficient (Wildman–Crippen LogP) is 8.28. The summed E-state index contributed by atoms with van der Waals surface area (Å²) in [5, 5.41) is 4.68. The highest BCUT2D eigenvalue weighted by atomic mass is 33.1. The maximum atomic E-state index is 14.1. The molecule has 5 amide bonds. The van der Waals surface area contributed by atoms with Crippen LogP contribution >= 0.6 is 21.6 Å². The summed E-state index contributed by atoms with van der Waals surface area (Å²) in [5.74, 6) is -2.24. The molecule has 20 nitrogen and oxygen atoms in total. The van der Waals surface area contributed by atoms with E-state index in [0.29, 0.717) is 81.7 Å². The number of anilines is 4. The second kappa shape index (κ2) is 22.6. The first-order chi connectivity index (χ1) is 37.9. The van der Waals surface area contributed by atoms with Crippen molar-refractivity contribution < 1.29 is 65.5 Å². The number of imide groups is 1. The Morgan fingerprint density at radius 2 is 1.41 bits per heavy atom. The molecular weight excluding hydrogens is 1080 g/mol. The lowest BCUT2D eigenvalue weighted by Gasteiger charge is -2.23. The quantitative estimate of drug-likeness (QED) is 0.0287. The van der Waals surface area contributed by atoms with Crippen LogP contribution in [-0.2, 0) is 60.2 Å². The molecule has 79 heavy (non-hydrogen) atoms. The third-order valence-electron chi connectivity index (χ3n) is 14.1. The van der Waals surface area contributed by atoms with Crippen LogP contribution in [0.5, 0.6) is 23.0 Å². The van der Waals surface area contributed by atoms with Crippen LogP contribution in [0, 0.1) is 0 Å². The summed E-state index contributed by atoms with van der Waals surface area (Å²) in [7, 11) is 0.614. The van der Waals surface area contributed by atoms with E-state index in [9.17, 15) is 41.7 Å². The summed E-state index contributed by atoms with van der Waals surface area (Å²) < 4.78 is 58.0. The van der Waals surface area contributed by atoms with E-state index in [-0.39, 0.29) is 79.5 Å². The molecule has 1 saturated heterocycles. The van der Waals surface area contributed by atoms with Crippen LogP contribution < -0.4 is 39.4 Å². The lowest BCUT2D eigenvalue weighted by Crippen LogP contribution is -2.39. The molecule has 0 radical (unpaired) electrons. The number of carbonyl (C=O) groups is 6. The minimum Gasteiger partial charge on any atom is -0.493 e. The number of amides is 5. The predicted molar refractivity (Wildman–Crippen MR) is 298 cm³/mol. The summed E-state index contributed by atoms with van der Waals surface area (Å²) in [6.07, 6.45) is 2.84. The SMILES string of the molecule is COc1cc2c(cc1OCc1cc(COc3cc4c(cc3OC)C(=O)N3c5ccccc5C[C@H]3CN4)cc(NC(=O)CCC(C)(C)SSCCC(C(=O)ON3C(=O)CCC3=O)S(=O)(=O)O)c1)N=C[C@@H]1Cc3ccccc3N1C2=O. The molecule has 5 aromatic rings. The Morgan fingerprint density at radius 1 is 0.797 bits per heavy atom. The number of rotatable bonds is 20. The Balaban J connectivity index is 0.839. The number of nitrogens with one attached hydrogen (secondary N) is 2. The molecular formula is C56H56N6O14S3. The summed E-state index contributed by atoms with van der Waals surface area (Å²) in [6.45, 7) is 4.32. The van der Waals surface area contributed by atoms with Gasteiger partial charge in [-0.3, -0.25) is 38.4 Å². The molecule has 0 bridgehead atoms. The van der Waals surface area contributed by atoms with Crippen LogP contribution in [0.15, 0.2) is 96.0 Å². The second-order valence-corrected chi connectivity index (χ2v) is 24.8. The smallest absolute Gasteiger partial charge is 0.353 e. The van der Waals surface area contributed by atoms with Gasteiger partial charge in [0.2, 0.25) is 5.91 Å². The van der Waals surface area contributed by atoms with Crippen molar-refractivity contribution in [1.82, 2.24) is 5.06 Å². The van der Waals surface area contributed by atoms with Gasteiger partial charge in [0.15, 0.2) is 28.2 Å². The average molecular weight is 1130 g/mol. The van der Waals surface area contributed by atoms with Crippen LogP contribution in [0.4, 0.5) is 28.4 Å². The zero-order valence-corrected chi connectivity index (χ0v) is 46.0.